The molecule has 4 aromatic rings. The summed E-state index contributed by atoms with van der Waals surface area (Å²) in [6.07, 6.45) is 2.68. The van der Waals surface area contributed by atoms with E-state index in [1.54, 1.807) is 4.68 Å². The molecule has 5 rings (SSSR count). The molecule has 7 nitrogen and oxygen atoms in total. The molecule has 3 heterocycles. The number of hydrogen-bond acceptors (Lipinski definition) is 5. The number of anilines is 1. The SMILES string of the molecule is Cc1ccc(C(=O)N2CCCN(c3nc(C)nc4c3cnn4-c3cccc(Cl)c3)CC2)cc1. The third-order valence-electron chi connectivity index (χ3n) is 5.95. The first kappa shape index (κ1) is 21.4. The van der Waals surface area contributed by atoms with Crippen molar-refractivity contribution in [1.29, 1.82) is 0 Å². The minimum absolute atomic E-state index is 0.0784. The zero-order valence-electron chi connectivity index (χ0n) is 18.7. The minimum Gasteiger partial charge on any atom is -0.354 e. The van der Waals surface area contributed by atoms with Crippen LogP contribution in [0, 0.1) is 13.8 Å². The number of fused-ring (bicyclic) bond motifs is 1. The van der Waals surface area contributed by atoms with E-state index in [9.17, 15) is 4.79 Å². The first-order chi connectivity index (χ1) is 16.0. The highest BCUT2D eigenvalue weighted by Gasteiger charge is 2.23. The minimum atomic E-state index is 0.0784. The van der Waals surface area contributed by atoms with E-state index in [0.29, 0.717) is 23.9 Å². The van der Waals surface area contributed by atoms with Gasteiger partial charge in [-0.05, 0) is 50.6 Å². The Morgan fingerprint density at radius 2 is 1.79 bits per heavy atom. The van der Waals surface area contributed by atoms with Gasteiger partial charge in [0.05, 0.1) is 17.3 Å². The fourth-order valence-electron chi connectivity index (χ4n) is 4.25. The highest BCUT2D eigenvalue weighted by molar-refractivity contribution is 6.30. The van der Waals surface area contributed by atoms with Gasteiger partial charge in [0, 0.05) is 36.8 Å². The van der Waals surface area contributed by atoms with Crippen LogP contribution in [0.5, 0.6) is 0 Å². The summed E-state index contributed by atoms with van der Waals surface area (Å²) in [5, 5.41) is 6.12. The molecule has 0 spiro atoms. The van der Waals surface area contributed by atoms with Crippen molar-refractivity contribution in [2.24, 2.45) is 0 Å². The van der Waals surface area contributed by atoms with Gasteiger partial charge in [-0.25, -0.2) is 14.6 Å². The Hall–Kier alpha value is -3.45. The van der Waals surface area contributed by atoms with Gasteiger partial charge in [-0.2, -0.15) is 5.10 Å². The van der Waals surface area contributed by atoms with Gasteiger partial charge in [0.2, 0.25) is 0 Å². The Morgan fingerprint density at radius 1 is 0.970 bits per heavy atom. The Balaban J connectivity index is 1.42. The van der Waals surface area contributed by atoms with Crippen LogP contribution in [0.1, 0.15) is 28.2 Å². The van der Waals surface area contributed by atoms with Crippen molar-refractivity contribution in [3.8, 4) is 5.69 Å². The predicted molar refractivity (Wildman–Crippen MR) is 130 cm³/mol. The quantitative estimate of drug-likeness (QED) is 0.452. The topological polar surface area (TPSA) is 67.2 Å². The van der Waals surface area contributed by atoms with Gasteiger partial charge in [-0.1, -0.05) is 35.4 Å². The maximum absolute atomic E-state index is 13.0. The molecule has 0 radical (unpaired) electrons. The van der Waals surface area contributed by atoms with E-state index < -0.39 is 0 Å². The van der Waals surface area contributed by atoms with Gasteiger partial charge in [-0.3, -0.25) is 4.79 Å². The van der Waals surface area contributed by atoms with Crippen molar-refractivity contribution < 1.29 is 4.79 Å². The first-order valence-corrected chi connectivity index (χ1v) is 11.5. The molecule has 0 bridgehead atoms. The Bertz CT molecular complexity index is 1320. The van der Waals surface area contributed by atoms with Crippen molar-refractivity contribution in [3.63, 3.8) is 0 Å². The van der Waals surface area contributed by atoms with Crippen molar-refractivity contribution in [2.75, 3.05) is 31.1 Å². The standard InChI is InChI=1S/C25H25ClN6O/c1-17-7-9-19(10-8-17)25(33)31-12-4-11-30(13-14-31)23-22-16-27-32(24(22)29-18(2)28-23)21-6-3-5-20(26)15-21/h3,5-10,15-16H,4,11-14H2,1-2H3. The molecule has 1 fully saturated rings. The van der Waals surface area contributed by atoms with Gasteiger partial charge >= 0.3 is 0 Å². The molecule has 33 heavy (non-hydrogen) atoms. The Labute approximate surface area is 197 Å². The summed E-state index contributed by atoms with van der Waals surface area (Å²) in [6.45, 7) is 6.79. The summed E-state index contributed by atoms with van der Waals surface area (Å²) in [6, 6.07) is 15.3. The van der Waals surface area contributed by atoms with Gasteiger partial charge < -0.3 is 9.80 Å². The number of hydrogen-bond donors (Lipinski definition) is 0. The zero-order chi connectivity index (χ0) is 22.9. The molecule has 0 saturated carbocycles. The van der Waals surface area contributed by atoms with Crippen LogP contribution in [0.4, 0.5) is 5.82 Å². The molecule has 1 aliphatic heterocycles. The number of aromatic nitrogens is 4. The van der Waals surface area contributed by atoms with Crippen molar-refractivity contribution in [1.82, 2.24) is 24.6 Å². The van der Waals surface area contributed by atoms with E-state index in [1.807, 2.05) is 73.5 Å². The largest absolute Gasteiger partial charge is 0.354 e. The van der Waals surface area contributed by atoms with E-state index in [-0.39, 0.29) is 5.91 Å². The number of benzene rings is 2. The molecule has 1 saturated heterocycles. The number of aryl methyl sites for hydroxylation is 2. The van der Waals surface area contributed by atoms with Gasteiger partial charge in [0.25, 0.3) is 5.91 Å². The number of carbonyl (C=O) groups excluding carboxylic acids is 1. The molecule has 8 heteroatoms. The summed E-state index contributed by atoms with van der Waals surface area (Å²) in [5.41, 5.74) is 3.48. The van der Waals surface area contributed by atoms with Crippen LogP contribution < -0.4 is 4.90 Å². The van der Waals surface area contributed by atoms with Crippen molar-refractivity contribution in [3.05, 3.63) is 76.7 Å². The van der Waals surface area contributed by atoms with E-state index in [4.69, 9.17) is 16.6 Å². The lowest BCUT2D eigenvalue weighted by Crippen LogP contribution is -2.35. The second-order valence-corrected chi connectivity index (χ2v) is 8.80. The van der Waals surface area contributed by atoms with Crippen LogP contribution in [0.25, 0.3) is 16.7 Å². The van der Waals surface area contributed by atoms with E-state index >= 15 is 0 Å². The maximum atomic E-state index is 13.0. The highest BCUT2D eigenvalue weighted by Crippen LogP contribution is 2.27. The molecular weight excluding hydrogens is 436 g/mol. The fourth-order valence-corrected chi connectivity index (χ4v) is 4.43. The number of carbonyl (C=O) groups is 1. The molecule has 0 atom stereocenters. The molecule has 1 amide bonds. The Kier molecular flexibility index (Phi) is 5.72. The lowest BCUT2D eigenvalue weighted by Gasteiger charge is -2.23. The van der Waals surface area contributed by atoms with Crippen molar-refractivity contribution in [2.45, 2.75) is 20.3 Å². The second-order valence-electron chi connectivity index (χ2n) is 8.37. The third kappa shape index (κ3) is 4.28. The highest BCUT2D eigenvalue weighted by atomic mass is 35.5. The monoisotopic (exact) mass is 460 g/mol. The van der Waals surface area contributed by atoms with E-state index in [0.717, 1.165) is 53.2 Å². The lowest BCUT2D eigenvalue weighted by molar-refractivity contribution is 0.0767. The number of halogens is 1. The van der Waals surface area contributed by atoms with E-state index in [1.165, 1.54) is 0 Å². The Morgan fingerprint density at radius 3 is 2.58 bits per heavy atom. The maximum Gasteiger partial charge on any atom is 0.253 e. The molecule has 0 N–H and O–H groups in total. The fraction of sp³-hybridized carbons (Fsp3) is 0.280. The normalized spacial score (nSPS) is 14.5. The molecule has 2 aromatic heterocycles. The number of rotatable bonds is 3. The van der Waals surface area contributed by atoms with E-state index in [2.05, 4.69) is 15.0 Å². The van der Waals surface area contributed by atoms with Crippen LogP contribution in [0.2, 0.25) is 5.02 Å². The molecule has 168 valence electrons. The summed E-state index contributed by atoms with van der Waals surface area (Å²) in [5.74, 6) is 1.61. The van der Waals surface area contributed by atoms with Crippen LogP contribution >= 0.6 is 11.6 Å². The lowest BCUT2D eigenvalue weighted by atomic mass is 10.1. The number of nitrogens with zero attached hydrogens (tertiary/aromatic N) is 6. The second kappa shape index (κ2) is 8.83. The van der Waals surface area contributed by atoms with Gasteiger partial charge in [-0.15, -0.1) is 0 Å². The van der Waals surface area contributed by atoms with Gasteiger partial charge in [0.1, 0.15) is 11.6 Å². The zero-order valence-corrected chi connectivity index (χ0v) is 19.5. The van der Waals surface area contributed by atoms with Crippen LogP contribution in [-0.2, 0) is 0 Å². The third-order valence-corrected chi connectivity index (χ3v) is 6.19. The van der Waals surface area contributed by atoms with Crippen LogP contribution in [0.3, 0.4) is 0 Å². The van der Waals surface area contributed by atoms with Crippen LogP contribution in [-0.4, -0.2) is 56.7 Å². The summed E-state index contributed by atoms with van der Waals surface area (Å²) < 4.78 is 1.80. The number of amides is 1. The molecule has 0 aliphatic carbocycles. The average Bonchev–Trinajstić information content (AvgIpc) is 3.07. The molecular formula is C25H25ClN6O. The summed E-state index contributed by atoms with van der Waals surface area (Å²) in [7, 11) is 0. The molecule has 2 aromatic carbocycles. The molecule has 0 unspecified atom stereocenters. The van der Waals surface area contributed by atoms with Gasteiger partial charge in [0.15, 0.2) is 5.65 Å². The average molecular weight is 461 g/mol. The summed E-state index contributed by atoms with van der Waals surface area (Å²) in [4.78, 5) is 26.6. The van der Waals surface area contributed by atoms with Crippen LogP contribution in [0.15, 0.2) is 54.7 Å². The summed E-state index contributed by atoms with van der Waals surface area (Å²) >= 11 is 6.19. The predicted octanol–water partition coefficient (Wildman–Crippen LogP) is 4.44. The molecule has 1 aliphatic rings. The smallest absolute Gasteiger partial charge is 0.253 e. The first-order valence-electron chi connectivity index (χ1n) is 11.1. The van der Waals surface area contributed by atoms with Crippen molar-refractivity contribution >= 4 is 34.4 Å².